The third-order valence-corrected chi connectivity index (χ3v) is 5.87. The van der Waals surface area contributed by atoms with E-state index in [0.717, 1.165) is 57.6 Å². The number of rotatable bonds is 6. The van der Waals surface area contributed by atoms with Crippen LogP contribution in [-0.4, -0.2) is 65.1 Å². The molecule has 0 atom stereocenters. The predicted molar refractivity (Wildman–Crippen MR) is 116 cm³/mol. The van der Waals surface area contributed by atoms with Crippen molar-refractivity contribution in [2.45, 2.75) is 12.5 Å². The first-order chi connectivity index (χ1) is 15.9. The molecular weight excluding hydrogens is 440 g/mol. The van der Waals surface area contributed by atoms with Crippen molar-refractivity contribution in [2.75, 3.05) is 49.6 Å². The molecule has 2 aliphatic heterocycles. The Kier molecular flexibility index (Phi) is 5.90. The summed E-state index contributed by atoms with van der Waals surface area (Å²) < 4.78 is 60.6. The number of nitrogens with zero attached hydrogens (tertiary/aromatic N) is 5. The predicted octanol–water partition coefficient (Wildman–Crippen LogP) is 3.99. The van der Waals surface area contributed by atoms with E-state index in [1.54, 1.807) is 6.07 Å². The Bertz CT molecular complexity index is 1110. The number of benzene rings is 2. The average molecular weight is 464 g/mol. The Labute approximate surface area is 189 Å². The van der Waals surface area contributed by atoms with Gasteiger partial charge in [-0.2, -0.15) is 4.98 Å². The normalized spacial score (nSPS) is 17.4. The molecule has 1 aromatic heterocycles. The summed E-state index contributed by atoms with van der Waals surface area (Å²) in [7, 11) is 0. The molecule has 0 aliphatic carbocycles. The summed E-state index contributed by atoms with van der Waals surface area (Å²) in [6.07, 6.45) is -1.35. The van der Waals surface area contributed by atoms with E-state index in [2.05, 4.69) is 25.2 Å². The van der Waals surface area contributed by atoms with Gasteiger partial charge >= 0.3 is 0 Å². The number of nitrogens with one attached hydrogen (secondary N) is 1. The van der Waals surface area contributed by atoms with E-state index < -0.39 is 18.1 Å². The van der Waals surface area contributed by atoms with E-state index in [4.69, 9.17) is 4.74 Å². The molecule has 1 N–H and O–H groups in total. The van der Waals surface area contributed by atoms with Crippen LogP contribution in [-0.2, 0) is 4.74 Å². The molecule has 3 heterocycles. The molecule has 0 radical (unpaired) electrons. The number of ether oxygens (including phenoxy) is 1. The maximum Gasteiger partial charge on any atom is 0.263 e. The summed E-state index contributed by atoms with van der Waals surface area (Å²) in [6.45, 7) is 4.62. The van der Waals surface area contributed by atoms with Crippen LogP contribution < -0.4 is 10.2 Å². The molecule has 0 bridgehead atoms. The summed E-state index contributed by atoms with van der Waals surface area (Å²) in [4.78, 5) is 8.53. The standard InChI is InChI=1S/C22H22F4N6O.H2/c23-15-7-16(24)9-19(8-15)32-13-27-22(29-32)28-17-5-14(21(25)26)6-18(10-17)30-1-3-31(4-2-30)20-11-33-12-20;/h5-10,13,20-21H,1-4,11-12H2,(H,28,29);1H. The smallest absolute Gasteiger partial charge is 0.263 e. The van der Waals surface area contributed by atoms with Gasteiger partial charge in [0, 0.05) is 50.6 Å². The van der Waals surface area contributed by atoms with Gasteiger partial charge in [-0.15, -0.1) is 5.10 Å². The first-order valence-electron chi connectivity index (χ1n) is 10.6. The summed E-state index contributed by atoms with van der Waals surface area (Å²) in [5.74, 6) is -1.37. The number of halogens is 4. The van der Waals surface area contributed by atoms with E-state index in [9.17, 15) is 17.6 Å². The number of hydrogen-bond acceptors (Lipinski definition) is 6. The van der Waals surface area contributed by atoms with Crippen LogP contribution in [0.15, 0.2) is 42.7 Å². The van der Waals surface area contributed by atoms with E-state index in [-0.39, 0.29) is 18.6 Å². The van der Waals surface area contributed by atoms with E-state index in [0.29, 0.717) is 17.4 Å². The van der Waals surface area contributed by atoms with Gasteiger partial charge in [-0.25, -0.2) is 22.2 Å². The maximum atomic E-state index is 13.6. The van der Waals surface area contributed by atoms with Crippen LogP contribution in [0.3, 0.4) is 0 Å². The van der Waals surface area contributed by atoms with Crippen molar-refractivity contribution in [3.63, 3.8) is 0 Å². The van der Waals surface area contributed by atoms with E-state index in [1.807, 2.05) is 0 Å². The molecule has 0 saturated carbocycles. The molecule has 5 rings (SSSR count). The maximum absolute atomic E-state index is 13.6. The average Bonchev–Trinajstić information content (AvgIpc) is 3.21. The molecule has 11 heteroatoms. The lowest BCUT2D eigenvalue weighted by atomic mass is 10.1. The minimum atomic E-state index is -2.64. The monoisotopic (exact) mass is 464 g/mol. The van der Waals surface area contributed by atoms with Crippen molar-refractivity contribution in [3.8, 4) is 5.69 Å². The molecule has 33 heavy (non-hydrogen) atoms. The first-order valence-corrected chi connectivity index (χ1v) is 10.6. The van der Waals surface area contributed by atoms with Crippen molar-refractivity contribution in [1.29, 1.82) is 0 Å². The van der Waals surface area contributed by atoms with Crippen LogP contribution in [0, 0.1) is 11.6 Å². The Morgan fingerprint density at radius 3 is 2.30 bits per heavy atom. The van der Waals surface area contributed by atoms with Crippen LogP contribution >= 0.6 is 0 Å². The third-order valence-electron chi connectivity index (χ3n) is 5.87. The number of alkyl halides is 2. The SMILES string of the molecule is Fc1cc(F)cc(-n2cnc(Nc3cc(C(F)F)cc(N4CCN(C5COC5)CC4)c3)n2)c1.[HH]. The molecule has 0 unspecified atom stereocenters. The van der Waals surface area contributed by atoms with E-state index in [1.165, 1.54) is 23.1 Å². The van der Waals surface area contributed by atoms with Crippen molar-refractivity contribution in [2.24, 2.45) is 0 Å². The van der Waals surface area contributed by atoms with Crippen LogP contribution in [0.5, 0.6) is 0 Å². The van der Waals surface area contributed by atoms with Gasteiger partial charge in [0.25, 0.3) is 6.43 Å². The van der Waals surface area contributed by atoms with Gasteiger partial charge in [0.05, 0.1) is 24.9 Å². The van der Waals surface area contributed by atoms with Gasteiger partial charge in [-0.05, 0) is 30.3 Å². The topological polar surface area (TPSA) is 58.5 Å². The molecular formula is C22H24F4N6O. The molecule has 7 nitrogen and oxygen atoms in total. The highest BCUT2D eigenvalue weighted by Gasteiger charge is 2.29. The highest BCUT2D eigenvalue weighted by molar-refractivity contribution is 5.64. The largest absolute Gasteiger partial charge is 0.378 e. The minimum Gasteiger partial charge on any atom is -0.378 e. The van der Waals surface area contributed by atoms with Crippen LogP contribution in [0.1, 0.15) is 13.4 Å². The number of piperazine rings is 1. The first kappa shape index (κ1) is 21.7. The van der Waals surface area contributed by atoms with Gasteiger partial charge in [0.1, 0.15) is 18.0 Å². The second kappa shape index (κ2) is 8.99. The molecule has 0 amide bonds. The Balaban J connectivity index is 0.00000274. The lowest BCUT2D eigenvalue weighted by Crippen LogP contribution is -2.56. The van der Waals surface area contributed by atoms with Crippen molar-refractivity contribution in [3.05, 3.63) is 59.9 Å². The summed E-state index contributed by atoms with van der Waals surface area (Å²) in [5, 5.41) is 7.09. The molecule has 0 spiro atoms. The zero-order valence-corrected chi connectivity index (χ0v) is 17.6. The van der Waals surface area contributed by atoms with E-state index >= 15 is 0 Å². The molecule has 176 valence electrons. The lowest BCUT2D eigenvalue weighted by Gasteiger charge is -2.43. The molecule has 3 aromatic rings. The van der Waals surface area contributed by atoms with Gasteiger partial charge in [-0.3, -0.25) is 4.90 Å². The lowest BCUT2D eigenvalue weighted by molar-refractivity contribution is -0.0660. The van der Waals surface area contributed by atoms with Gasteiger partial charge < -0.3 is 15.0 Å². The highest BCUT2D eigenvalue weighted by atomic mass is 19.3. The van der Waals surface area contributed by atoms with Gasteiger partial charge in [0.15, 0.2) is 0 Å². The fraction of sp³-hybridized carbons (Fsp3) is 0.364. The second-order valence-corrected chi connectivity index (χ2v) is 8.09. The third kappa shape index (κ3) is 4.79. The fourth-order valence-electron chi connectivity index (χ4n) is 4.04. The van der Waals surface area contributed by atoms with Crippen LogP contribution in [0.25, 0.3) is 5.69 Å². The Hall–Kier alpha value is -3.18. The van der Waals surface area contributed by atoms with Gasteiger partial charge in [-0.1, -0.05) is 0 Å². The molecule has 2 fully saturated rings. The van der Waals surface area contributed by atoms with Crippen LogP contribution in [0.2, 0.25) is 0 Å². The molecule has 2 saturated heterocycles. The van der Waals surface area contributed by atoms with Crippen LogP contribution in [0.4, 0.5) is 34.9 Å². The fourth-order valence-corrected chi connectivity index (χ4v) is 4.04. The van der Waals surface area contributed by atoms with Crippen molar-refractivity contribution < 1.29 is 23.7 Å². The van der Waals surface area contributed by atoms with Crippen molar-refractivity contribution >= 4 is 17.3 Å². The summed E-state index contributed by atoms with van der Waals surface area (Å²) in [5.41, 5.74) is 1.13. The summed E-state index contributed by atoms with van der Waals surface area (Å²) >= 11 is 0. The Morgan fingerprint density at radius 2 is 1.67 bits per heavy atom. The van der Waals surface area contributed by atoms with Crippen molar-refractivity contribution in [1.82, 2.24) is 19.7 Å². The zero-order chi connectivity index (χ0) is 22.9. The number of aromatic nitrogens is 3. The second-order valence-electron chi connectivity index (χ2n) is 8.09. The number of anilines is 3. The minimum absolute atomic E-state index is 0. The zero-order valence-electron chi connectivity index (χ0n) is 17.6. The van der Waals surface area contributed by atoms with Gasteiger partial charge in [0.2, 0.25) is 5.95 Å². The quantitative estimate of drug-likeness (QED) is 0.557. The number of hydrogen-bond donors (Lipinski definition) is 1. The summed E-state index contributed by atoms with van der Waals surface area (Å²) in [6, 6.07) is 8.06. The molecule has 2 aliphatic rings. The Morgan fingerprint density at radius 1 is 0.939 bits per heavy atom. The highest BCUT2D eigenvalue weighted by Crippen LogP contribution is 2.31. The molecule has 2 aromatic carbocycles.